The Kier molecular flexibility index (Phi) is 6.19. The molecule has 2 amide bonds. The van der Waals surface area contributed by atoms with Crippen LogP contribution in [0.15, 0.2) is 42.5 Å². The molecule has 2 aromatic rings. The summed E-state index contributed by atoms with van der Waals surface area (Å²) >= 11 is 0. The number of benzene rings is 2. The Balaban J connectivity index is 1.56. The molecule has 1 N–H and O–H groups in total. The van der Waals surface area contributed by atoms with Gasteiger partial charge in [0.2, 0.25) is 0 Å². The first-order valence-corrected chi connectivity index (χ1v) is 9.43. The molecule has 0 radical (unpaired) electrons. The Bertz CT molecular complexity index is 846. The molecule has 28 heavy (non-hydrogen) atoms. The second kappa shape index (κ2) is 8.78. The highest BCUT2D eigenvalue weighted by molar-refractivity contribution is 5.92. The maximum atomic E-state index is 12.2. The van der Waals surface area contributed by atoms with Crippen molar-refractivity contribution in [2.45, 2.75) is 32.7 Å². The summed E-state index contributed by atoms with van der Waals surface area (Å²) in [6.45, 7) is 5.31. The number of hydrogen-bond acceptors (Lipinski definition) is 4. The van der Waals surface area contributed by atoms with Crippen LogP contribution in [0.5, 0.6) is 5.75 Å². The molecule has 0 atom stereocenters. The van der Waals surface area contributed by atoms with Crippen molar-refractivity contribution >= 4 is 17.7 Å². The number of methoxy groups -OCH3 is 1. The van der Waals surface area contributed by atoms with E-state index in [0.717, 1.165) is 12.0 Å². The standard InChI is InChI=1S/C22H26N2O4/c1-15(2)16-5-8-20(9-6-16)28-14-21(25)23-19-7-4-17-10-11-24(22(26)27-3)13-18(17)12-19/h4-9,12,15H,10-11,13-14H2,1-3H3,(H,23,25). The van der Waals surface area contributed by atoms with Crippen molar-refractivity contribution in [3.05, 3.63) is 59.2 Å². The summed E-state index contributed by atoms with van der Waals surface area (Å²) in [5.74, 6) is 0.892. The minimum atomic E-state index is -0.336. The number of nitrogens with zero attached hydrogens (tertiary/aromatic N) is 1. The third-order valence-electron chi connectivity index (χ3n) is 4.85. The number of rotatable bonds is 5. The van der Waals surface area contributed by atoms with Crippen LogP contribution in [-0.4, -0.2) is 37.2 Å². The number of carbonyl (C=O) groups excluding carboxylic acids is 2. The highest BCUT2D eigenvalue weighted by atomic mass is 16.5. The van der Waals surface area contributed by atoms with Gasteiger partial charge in [-0.05, 0) is 53.3 Å². The molecule has 0 fully saturated rings. The van der Waals surface area contributed by atoms with Gasteiger partial charge in [-0.25, -0.2) is 4.79 Å². The molecule has 0 saturated heterocycles. The molecule has 3 rings (SSSR count). The fraction of sp³-hybridized carbons (Fsp3) is 0.364. The van der Waals surface area contributed by atoms with Crippen LogP contribution in [0.3, 0.4) is 0 Å². The number of anilines is 1. The van der Waals surface area contributed by atoms with Crippen molar-refractivity contribution in [1.29, 1.82) is 0 Å². The maximum Gasteiger partial charge on any atom is 0.409 e. The lowest BCUT2D eigenvalue weighted by atomic mass is 9.99. The van der Waals surface area contributed by atoms with Crippen LogP contribution in [0.4, 0.5) is 10.5 Å². The SMILES string of the molecule is COC(=O)N1CCc2ccc(NC(=O)COc3ccc(C(C)C)cc3)cc2C1. The first kappa shape index (κ1) is 19.7. The predicted octanol–water partition coefficient (Wildman–Crippen LogP) is 3.95. The summed E-state index contributed by atoms with van der Waals surface area (Å²) in [6, 6.07) is 13.5. The fourth-order valence-electron chi connectivity index (χ4n) is 3.21. The molecular formula is C22H26N2O4. The van der Waals surface area contributed by atoms with E-state index < -0.39 is 0 Å². The van der Waals surface area contributed by atoms with Crippen LogP contribution in [0.25, 0.3) is 0 Å². The molecule has 0 bridgehead atoms. The third kappa shape index (κ3) is 4.82. The molecule has 0 unspecified atom stereocenters. The van der Waals surface area contributed by atoms with E-state index in [4.69, 9.17) is 9.47 Å². The number of nitrogens with one attached hydrogen (secondary N) is 1. The van der Waals surface area contributed by atoms with Gasteiger partial charge < -0.3 is 19.7 Å². The highest BCUT2D eigenvalue weighted by Gasteiger charge is 2.21. The van der Waals surface area contributed by atoms with Gasteiger partial charge in [-0.3, -0.25) is 4.79 Å². The zero-order valence-corrected chi connectivity index (χ0v) is 16.5. The molecule has 1 aliphatic heterocycles. The number of amides is 2. The average molecular weight is 382 g/mol. The predicted molar refractivity (Wildman–Crippen MR) is 108 cm³/mol. The van der Waals surface area contributed by atoms with Crippen LogP contribution < -0.4 is 10.1 Å². The summed E-state index contributed by atoms with van der Waals surface area (Å²) in [5, 5.41) is 2.85. The van der Waals surface area contributed by atoms with Crippen molar-refractivity contribution in [1.82, 2.24) is 4.90 Å². The molecular weight excluding hydrogens is 356 g/mol. The second-order valence-corrected chi connectivity index (χ2v) is 7.19. The quantitative estimate of drug-likeness (QED) is 0.850. The van der Waals surface area contributed by atoms with E-state index >= 15 is 0 Å². The van der Waals surface area contributed by atoms with Gasteiger partial charge in [0.25, 0.3) is 5.91 Å². The van der Waals surface area contributed by atoms with Crippen molar-refractivity contribution in [2.75, 3.05) is 25.6 Å². The average Bonchev–Trinajstić information content (AvgIpc) is 2.71. The molecule has 6 heteroatoms. The van der Waals surface area contributed by atoms with Gasteiger partial charge in [0.15, 0.2) is 6.61 Å². The molecule has 0 aliphatic carbocycles. The number of carbonyl (C=O) groups is 2. The van der Waals surface area contributed by atoms with E-state index in [-0.39, 0.29) is 18.6 Å². The first-order valence-electron chi connectivity index (χ1n) is 9.43. The van der Waals surface area contributed by atoms with Crippen molar-refractivity contribution in [3.8, 4) is 5.75 Å². The van der Waals surface area contributed by atoms with E-state index in [1.165, 1.54) is 18.2 Å². The van der Waals surface area contributed by atoms with Gasteiger partial charge in [-0.2, -0.15) is 0 Å². The molecule has 2 aromatic carbocycles. The largest absolute Gasteiger partial charge is 0.484 e. The zero-order chi connectivity index (χ0) is 20.1. The molecule has 6 nitrogen and oxygen atoms in total. The summed E-state index contributed by atoms with van der Waals surface area (Å²) in [4.78, 5) is 25.6. The molecule has 0 saturated carbocycles. The highest BCUT2D eigenvalue weighted by Crippen LogP contribution is 2.23. The summed E-state index contributed by atoms with van der Waals surface area (Å²) in [5.41, 5.74) is 4.11. The Hall–Kier alpha value is -3.02. The summed E-state index contributed by atoms with van der Waals surface area (Å²) in [6.07, 6.45) is 0.436. The number of fused-ring (bicyclic) bond motifs is 1. The Morgan fingerprint density at radius 3 is 2.54 bits per heavy atom. The van der Waals surface area contributed by atoms with E-state index in [1.54, 1.807) is 4.90 Å². The van der Waals surface area contributed by atoms with E-state index in [9.17, 15) is 9.59 Å². The molecule has 0 aromatic heterocycles. The lowest BCUT2D eigenvalue weighted by Crippen LogP contribution is -2.35. The second-order valence-electron chi connectivity index (χ2n) is 7.19. The topological polar surface area (TPSA) is 67.9 Å². The van der Waals surface area contributed by atoms with Crippen LogP contribution in [0.2, 0.25) is 0 Å². The van der Waals surface area contributed by atoms with Crippen LogP contribution in [0.1, 0.15) is 36.5 Å². The van der Waals surface area contributed by atoms with Crippen molar-refractivity contribution < 1.29 is 19.1 Å². The lowest BCUT2D eigenvalue weighted by molar-refractivity contribution is -0.118. The van der Waals surface area contributed by atoms with Crippen LogP contribution in [0, 0.1) is 0 Å². The van der Waals surface area contributed by atoms with E-state index in [0.29, 0.717) is 30.4 Å². The fourth-order valence-corrected chi connectivity index (χ4v) is 3.21. The summed E-state index contributed by atoms with van der Waals surface area (Å²) < 4.78 is 10.4. The van der Waals surface area contributed by atoms with Crippen LogP contribution >= 0.6 is 0 Å². The van der Waals surface area contributed by atoms with Crippen molar-refractivity contribution in [3.63, 3.8) is 0 Å². The smallest absolute Gasteiger partial charge is 0.409 e. The molecule has 148 valence electrons. The van der Waals surface area contributed by atoms with Gasteiger partial charge in [-0.1, -0.05) is 32.0 Å². The normalized spacial score (nSPS) is 13.1. The maximum absolute atomic E-state index is 12.2. The lowest BCUT2D eigenvalue weighted by Gasteiger charge is -2.28. The Labute approximate surface area is 165 Å². The van der Waals surface area contributed by atoms with Gasteiger partial charge in [-0.15, -0.1) is 0 Å². The monoisotopic (exact) mass is 382 g/mol. The Morgan fingerprint density at radius 1 is 1.11 bits per heavy atom. The molecule has 1 heterocycles. The van der Waals surface area contributed by atoms with E-state index in [2.05, 4.69) is 19.2 Å². The zero-order valence-electron chi connectivity index (χ0n) is 16.5. The Morgan fingerprint density at radius 2 is 1.86 bits per heavy atom. The number of ether oxygens (including phenoxy) is 2. The summed E-state index contributed by atoms with van der Waals surface area (Å²) in [7, 11) is 1.38. The molecule has 0 spiro atoms. The van der Waals surface area contributed by atoms with Crippen LogP contribution in [-0.2, 0) is 22.5 Å². The third-order valence-corrected chi connectivity index (χ3v) is 4.85. The molecule has 1 aliphatic rings. The van der Waals surface area contributed by atoms with E-state index in [1.807, 2.05) is 42.5 Å². The van der Waals surface area contributed by atoms with Gasteiger partial charge in [0, 0.05) is 18.8 Å². The number of hydrogen-bond donors (Lipinski definition) is 1. The minimum Gasteiger partial charge on any atom is -0.484 e. The van der Waals surface area contributed by atoms with Crippen molar-refractivity contribution in [2.24, 2.45) is 0 Å². The van der Waals surface area contributed by atoms with Gasteiger partial charge in [0.1, 0.15) is 5.75 Å². The van der Waals surface area contributed by atoms with Gasteiger partial charge >= 0.3 is 6.09 Å². The first-order chi connectivity index (χ1) is 13.5. The minimum absolute atomic E-state index is 0.0631. The van der Waals surface area contributed by atoms with Gasteiger partial charge in [0.05, 0.1) is 7.11 Å².